The number of nitrogens with zero attached hydrogens (tertiary/aromatic N) is 1. The van der Waals surface area contributed by atoms with Gasteiger partial charge in [-0.25, -0.2) is 0 Å². The van der Waals surface area contributed by atoms with E-state index in [1.165, 1.54) is 5.56 Å². The number of nitrogens with two attached hydrogens (primary N) is 1. The van der Waals surface area contributed by atoms with Gasteiger partial charge in [0.25, 0.3) is 0 Å². The number of rotatable bonds is 6. The first-order valence-corrected chi connectivity index (χ1v) is 7.09. The summed E-state index contributed by atoms with van der Waals surface area (Å²) >= 11 is 0. The fourth-order valence-electron chi connectivity index (χ4n) is 2.43. The van der Waals surface area contributed by atoms with Gasteiger partial charge in [0, 0.05) is 12.6 Å². The molecule has 2 N–H and O–H groups in total. The molecule has 19 heavy (non-hydrogen) atoms. The normalized spacial score (nSPS) is 17.3. The molecule has 3 heteroatoms. The third-order valence-electron chi connectivity index (χ3n) is 3.63. The molecule has 1 fully saturated rings. The van der Waals surface area contributed by atoms with E-state index in [1.807, 2.05) is 24.3 Å². The van der Waals surface area contributed by atoms with Gasteiger partial charge in [-0.2, -0.15) is 0 Å². The molecule has 0 unspecified atom stereocenters. The van der Waals surface area contributed by atoms with Gasteiger partial charge in [0.05, 0.1) is 0 Å². The van der Waals surface area contributed by atoms with Crippen molar-refractivity contribution in [1.29, 1.82) is 0 Å². The Bertz CT molecular complexity index is 397. The Morgan fingerprint density at radius 2 is 2.05 bits per heavy atom. The summed E-state index contributed by atoms with van der Waals surface area (Å²) in [6.07, 6.45) is 4.98. The molecular weight excluding hydrogens is 236 g/mol. The van der Waals surface area contributed by atoms with Crippen LogP contribution in [0.3, 0.4) is 0 Å². The Balaban J connectivity index is 1.77. The molecule has 0 bridgehead atoms. The van der Waals surface area contributed by atoms with Crippen LogP contribution in [0.25, 0.3) is 0 Å². The minimum Gasteiger partial charge on any atom is -0.492 e. The number of benzene rings is 1. The van der Waals surface area contributed by atoms with E-state index >= 15 is 0 Å². The Hall–Kier alpha value is -1.32. The molecule has 1 aliphatic rings. The zero-order valence-corrected chi connectivity index (χ0v) is 11.6. The van der Waals surface area contributed by atoms with Crippen molar-refractivity contribution >= 4 is 0 Å². The second-order valence-electron chi connectivity index (χ2n) is 5.13. The molecule has 1 heterocycles. The van der Waals surface area contributed by atoms with Crippen LogP contribution in [0.4, 0.5) is 0 Å². The van der Waals surface area contributed by atoms with Crippen molar-refractivity contribution < 1.29 is 4.74 Å². The first kappa shape index (κ1) is 14.1. The molecule has 3 nitrogen and oxygen atoms in total. The number of piperidine rings is 1. The third kappa shape index (κ3) is 4.37. The molecule has 1 aliphatic heterocycles. The van der Waals surface area contributed by atoms with Gasteiger partial charge in [-0.05, 0) is 44.0 Å². The second-order valence-corrected chi connectivity index (χ2v) is 5.13. The lowest BCUT2D eigenvalue weighted by molar-refractivity contribution is 0.173. The van der Waals surface area contributed by atoms with E-state index in [0.717, 1.165) is 51.3 Å². The smallest absolute Gasteiger partial charge is 0.122 e. The van der Waals surface area contributed by atoms with Crippen molar-refractivity contribution in [3.63, 3.8) is 0 Å². The first-order chi connectivity index (χ1) is 9.29. The highest BCUT2D eigenvalue weighted by atomic mass is 16.5. The topological polar surface area (TPSA) is 38.5 Å². The maximum absolute atomic E-state index is 5.90. The fraction of sp³-hybridized carbons (Fsp3) is 0.500. The summed E-state index contributed by atoms with van der Waals surface area (Å²) in [6, 6.07) is 8.58. The van der Waals surface area contributed by atoms with Crippen LogP contribution in [0, 0.1) is 0 Å². The van der Waals surface area contributed by atoms with E-state index in [4.69, 9.17) is 10.5 Å². The summed E-state index contributed by atoms with van der Waals surface area (Å²) in [5, 5.41) is 0. The second kappa shape index (κ2) is 7.31. The molecule has 0 spiro atoms. The molecule has 0 aliphatic carbocycles. The number of para-hydroxylation sites is 1. The van der Waals surface area contributed by atoms with Crippen LogP contribution < -0.4 is 10.5 Å². The minimum atomic E-state index is 0.394. The molecule has 104 valence electrons. The van der Waals surface area contributed by atoms with Gasteiger partial charge in [-0.15, -0.1) is 6.58 Å². The lowest BCUT2D eigenvalue weighted by Crippen LogP contribution is -2.41. The summed E-state index contributed by atoms with van der Waals surface area (Å²) in [5.41, 5.74) is 7.11. The van der Waals surface area contributed by atoms with Gasteiger partial charge in [0.2, 0.25) is 0 Å². The van der Waals surface area contributed by atoms with Gasteiger partial charge >= 0.3 is 0 Å². The highest BCUT2D eigenvalue weighted by Crippen LogP contribution is 2.18. The van der Waals surface area contributed by atoms with Crippen LogP contribution >= 0.6 is 0 Å². The number of hydrogen-bond acceptors (Lipinski definition) is 3. The van der Waals surface area contributed by atoms with Gasteiger partial charge in [-0.3, -0.25) is 4.90 Å². The van der Waals surface area contributed by atoms with Crippen LogP contribution in [0.2, 0.25) is 0 Å². The zero-order valence-electron chi connectivity index (χ0n) is 11.6. The molecule has 0 aromatic heterocycles. The van der Waals surface area contributed by atoms with Crippen molar-refractivity contribution in [2.45, 2.75) is 25.3 Å². The molecule has 0 amide bonds. The Kier molecular flexibility index (Phi) is 5.43. The third-order valence-corrected chi connectivity index (χ3v) is 3.63. The molecule has 1 aromatic carbocycles. The fourth-order valence-corrected chi connectivity index (χ4v) is 2.43. The van der Waals surface area contributed by atoms with Crippen LogP contribution in [0.1, 0.15) is 18.4 Å². The number of likely N-dealkylation sites (tertiary alicyclic amines) is 1. The van der Waals surface area contributed by atoms with Gasteiger partial charge in [0.15, 0.2) is 0 Å². The van der Waals surface area contributed by atoms with Crippen molar-refractivity contribution in [2.24, 2.45) is 5.73 Å². The molecule has 0 radical (unpaired) electrons. The van der Waals surface area contributed by atoms with Crippen molar-refractivity contribution in [1.82, 2.24) is 4.90 Å². The lowest BCUT2D eigenvalue weighted by Gasteiger charge is -2.29. The van der Waals surface area contributed by atoms with Gasteiger partial charge < -0.3 is 10.5 Å². The lowest BCUT2D eigenvalue weighted by atomic mass is 10.1. The molecule has 0 saturated carbocycles. The van der Waals surface area contributed by atoms with Gasteiger partial charge in [0.1, 0.15) is 12.4 Å². The number of hydrogen-bond donors (Lipinski definition) is 1. The van der Waals surface area contributed by atoms with Crippen LogP contribution in [-0.2, 0) is 6.42 Å². The Morgan fingerprint density at radius 3 is 2.79 bits per heavy atom. The minimum absolute atomic E-state index is 0.394. The summed E-state index contributed by atoms with van der Waals surface area (Å²) < 4.78 is 5.90. The summed E-state index contributed by atoms with van der Waals surface area (Å²) in [7, 11) is 0. The predicted octanol–water partition coefficient (Wildman–Crippen LogP) is 2.22. The number of allylic oxidation sites excluding steroid dienone is 1. The Labute approximate surface area is 116 Å². The van der Waals surface area contributed by atoms with E-state index in [2.05, 4.69) is 17.5 Å². The molecular formula is C16H24N2O. The van der Waals surface area contributed by atoms with Crippen LogP contribution in [0.5, 0.6) is 5.75 Å². The van der Waals surface area contributed by atoms with Gasteiger partial charge in [-0.1, -0.05) is 24.3 Å². The summed E-state index contributed by atoms with van der Waals surface area (Å²) in [4.78, 5) is 2.43. The maximum atomic E-state index is 5.90. The van der Waals surface area contributed by atoms with Crippen molar-refractivity contribution in [3.05, 3.63) is 42.5 Å². The summed E-state index contributed by atoms with van der Waals surface area (Å²) in [5.74, 6) is 0.983. The van der Waals surface area contributed by atoms with Crippen molar-refractivity contribution in [3.8, 4) is 5.75 Å². The van der Waals surface area contributed by atoms with Crippen molar-refractivity contribution in [2.75, 3.05) is 26.2 Å². The highest BCUT2D eigenvalue weighted by Gasteiger charge is 2.15. The van der Waals surface area contributed by atoms with E-state index in [0.29, 0.717) is 6.04 Å². The summed E-state index contributed by atoms with van der Waals surface area (Å²) in [6.45, 7) is 7.70. The van der Waals surface area contributed by atoms with E-state index < -0.39 is 0 Å². The van der Waals surface area contributed by atoms with E-state index in [1.54, 1.807) is 0 Å². The van der Waals surface area contributed by atoms with Crippen LogP contribution in [-0.4, -0.2) is 37.2 Å². The quantitative estimate of drug-likeness (QED) is 0.797. The number of ether oxygens (including phenoxy) is 1. The average Bonchev–Trinajstić information content (AvgIpc) is 2.43. The Morgan fingerprint density at radius 1 is 1.32 bits per heavy atom. The SMILES string of the molecule is C=CCc1ccccc1OCCN1CCC(N)CC1. The monoisotopic (exact) mass is 260 g/mol. The first-order valence-electron chi connectivity index (χ1n) is 7.09. The molecule has 2 rings (SSSR count). The van der Waals surface area contributed by atoms with E-state index in [9.17, 15) is 0 Å². The average molecular weight is 260 g/mol. The highest BCUT2D eigenvalue weighted by molar-refractivity contribution is 5.34. The molecule has 1 saturated heterocycles. The molecule has 1 aromatic rings. The predicted molar refractivity (Wildman–Crippen MR) is 79.5 cm³/mol. The molecule has 0 atom stereocenters. The standard InChI is InChI=1S/C16H24N2O/c1-2-5-14-6-3-4-7-16(14)19-13-12-18-10-8-15(17)9-11-18/h2-4,6-7,15H,1,5,8-13,17H2. The maximum Gasteiger partial charge on any atom is 0.122 e. The van der Waals surface area contributed by atoms with Crippen LogP contribution in [0.15, 0.2) is 36.9 Å². The largest absolute Gasteiger partial charge is 0.492 e. The van der Waals surface area contributed by atoms with E-state index in [-0.39, 0.29) is 0 Å². The zero-order chi connectivity index (χ0) is 13.5.